The third-order valence-corrected chi connectivity index (χ3v) is 4.88. The van der Waals surface area contributed by atoms with Crippen molar-refractivity contribution in [2.24, 2.45) is 0 Å². The average molecular weight is 407 g/mol. The maximum atomic E-state index is 13.7. The van der Waals surface area contributed by atoms with Crippen molar-refractivity contribution in [1.82, 2.24) is 4.90 Å². The van der Waals surface area contributed by atoms with Gasteiger partial charge in [-0.2, -0.15) is 0 Å². The van der Waals surface area contributed by atoms with E-state index in [0.29, 0.717) is 26.2 Å². The second-order valence-electron chi connectivity index (χ2n) is 6.24. The predicted molar refractivity (Wildman–Crippen MR) is 103 cm³/mol. The predicted octanol–water partition coefficient (Wildman–Crippen LogP) is 2.99. The molecule has 8 heteroatoms. The van der Waals surface area contributed by atoms with Crippen LogP contribution in [0.2, 0.25) is 5.02 Å². The Balaban J connectivity index is 1.50. The second kappa shape index (κ2) is 8.93. The molecular formula is C20H20ClFN2O4. The Morgan fingerprint density at radius 3 is 2.36 bits per heavy atom. The van der Waals surface area contributed by atoms with Gasteiger partial charge in [0.15, 0.2) is 6.61 Å². The monoisotopic (exact) mass is 406 g/mol. The van der Waals surface area contributed by atoms with Crippen molar-refractivity contribution in [2.75, 3.05) is 44.8 Å². The molecule has 0 saturated carbocycles. The van der Waals surface area contributed by atoms with Crippen LogP contribution < -0.4 is 9.64 Å². The highest BCUT2D eigenvalue weighted by molar-refractivity contribution is 6.33. The normalized spacial score (nSPS) is 14.0. The smallest absolute Gasteiger partial charge is 0.343 e. The number of hydrogen-bond donors (Lipinski definition) is 0. The molecule has 0 aliphatic carbocycles. The maximum Gasteiger partial charge on any atom is 0.343 e. The average Bonchev–Trinajstić information content (AvgIpc) is 2.72. The number of anilines is 1. The Morgan fingerprint density at radius 1 is 1.07 bits per heavy atom. The van der Waals surface area contributed by atoms with Crippen LogP contribution in [-0.2, 0) is 9.53 Å². The van der Waals surface area contributed by atoms with Crippen molar-refractivity contribution >= 4 is 29.2 Å². The summed E-state index contributed by atoms with van der Waals surface area (Å²) in [7, 11) is 1.62. The van der Waals surface area contributed by atoms with Crippen LogP contribution in [0, 0.1) is 5.82 Å². The fourth-order valence-corrected chi connectivity index (χ4v) is 3.23. The number of amides is 1. The Labute approximate surface area is 167 Å². The van der Waals surface area contributed by atoms with Crippen molar-refractivity contribution in [3.63, 3.8) is 0 Å². The SMILES string of the molecule is COc1ccc(N2CCN(C(=O)COC(=O)c3c(F)cccc3Cl)CC2)cc1. The molecule has 1 fully saturated rings. The van der Waals surface area contributed by atoms with E-state index in [4.69, 9.17) is 21.1 Å². The van der Waals surface area contributed by atoms with Crippen molar-refractivity contribution in [2.45, 2.75) is 0 Å². The molecule has 1 saturated heterocycles. The van der Waals surface area contributed by atoms with Crippen LogP contribution in [0.15, 0.2) is 42.5 Å². The molecule has 0 radical (unpaired) electrons. The van der Waals surface area contributed by atoms with Crippen molar-refractivity contribution in [3.05, 3.63) is 58.9 Å². The zero-order valence-corrected chi connectivity index (χ0v) is 16.1. The second-order valence-corrected chi connectivity index (χ2v) is 6.65. The van der Waals surface area contributed by atoms with E-state index in [0.717, 1.165) is 17.5 Å². The summed E-state index contributed by atoms with van der Waals surface area (Å²) >= 11 is 5.83. The van der Waals surface area contributed by atoms with Gasteiger partial charge in [-0.3, -0.25) is 4.79 Å². The Kier molecular flexibility index (Phi) is 6.36. The van der Waals surface area contributed by atoms with Gasteiger partial charge >= 0.3 is 5.97 Å². The standard InChI is InChI=1S/C20H20ClFN2O4/c1-27-15-7-5-14(6-8-15)23-9-11-24(12-10-23)18(25)13-28-20(26)19-16(21)3-2-4-17(19)22/h2-8H,9-13H2,1H3. The summed E-state index contributed by atoms with van der Waals surface area (Å²) in [6.07, 6.45) is 0. The van der Waals surface area contributed by atoms with Gasteiger partial charge in [0.1, 0.15) is 17.1 Å². The first-order valence-electron chi connectivity index (χ1n) is 8.77. The number of ether oxygens (including phenoxy) is 2. The largest absolute Gasteiger partial charge is 0.497 e. The fourth-order valence-electron chi connectivity index (χ4n) is 2.99. The number of carbonyl (C=O) groups is 2. The number of hydrogen-bond acceptors (Lipinski definition) is 5. The molecule has 0 aromatic heterocycles. The number of nitrogens with zero attached hydrogens (tertiary/aromatic N) is 2. The summed E-state index contributed by atoms with van der Waals surface area (Å²) in [5, 5.41) is -0.0504. The lowest BCUT2D eigenvalue weighted by atomic mass is 10.2. The van der Waals surface area contributed by atoms with Crippen molar-refractivity contribution < 1.29 is 23.5 Å². The van der Waals surface area contributed by atoms with E-state index in [1.165, 1.54) is 12.1 Å². The molecule has 2 aromatic carbocycles. The number of benzene rings is 2. The van der Waals surface area contributed by atoms with E-state index in [9.17, 15) is 14.0 Å². The molecule has 1 aliphatic heterocycles. The van der Waals surface area contributed by atoms with E-state index in [2.05, 4.69) is 4.90 Å². The maximum absolute atomic E-state index is 13.7. The van der Waals surface area contributed by atoms with Gasteiger partial charge in [-0.15, -0.1) is 0 Å². The van der Waals surface area contributed by atoms with Crippen LogP contribution >= 0.6 is 11.6 Å². The third kappa shape index (κ3) is 4.54. The molecule has 0 unspecified atom stereocenters. The number of esters is 1. The fraction of sp³-hybridized carbons (Fsp3) is 0.300. The van der Waals surface area contributed by atoms with E-state index in [-0.39, 0.29) is 16.5 Å². The van der Waals surface area contributed by atoms with E-state index in [1.54, 1.807) is 12.0 Å². The van der Waals surface area contributed by atoms with E-state index in [1.807, 2.05) is 24.3 Å². The topological polar surface area (TPSA) is 59.1 Å². The summed E-state index contributed by atoms with van der Waals surface area (Å²) in [6, 6.07) is 11.6. The lowest BCUT2D eigenvalue weighted by molar-refractivity contribution is -0.134. The van der Waals surface area contributed by atoms with Crippen LogP contribution in [0.4, 0.5) is 10.1 Å². The number of rotatable bonds is 5. The summed E-state index contributed by atoms with van der Waals surface area (Å²) in [5.74, 6) is -1.27. The molecule has 148 valence electrons. The molecule has 0 spiro atoms. The molecule has 28 heavy (non-hydrogen) atoms. The van der Waals surface area contributed by atoms with Gasteiger partial charge in [0, 0.05) is 31.9 Å². The number of piperazine rings is 1. The van der Waals surface area contributed by atoms with Gasteiger partial charge in [0.2, 0.25) is 0 Å². The highest BCUT2D eigenvalue weighted by Crippen LogP contribution is 2.21. The quantitative estimate of drug-likeness (QED) is 0.714. The van der Waals surface area contributed by atoms with Gasteiger partial charge in [-0.25, -0.2) is 9.18 Å². The minimum Gasteiger partial charge on any atom is -0.497 e. The Bertz CT molecular complexity index is 832. The van der Waals surface area contributed by atoms with Crippen LogP contribution in [0.25, 0.3) is 0 Å². The lowest BCUT2D eigenvalue weighted by Crippen LogP contribution is -2.49. The molecular weight excluding hydrogens is 387 g/mol. The van der Waals surface area contributed by atoms with E-state index < -0.39 is 18.4 Å². The molecule has 2 aromatic rings. The third-order valence-electron chi connectivity index (χ3n) is 4.56. The molecule has 3 rings (SSSR count). The minimum absolute atomic E-state index is 0.0504. The zero-order valence-electron chi connectivity index (χ0n) is 15.4. The van der Waals surface area contributed by atoms with Gasteiger partial charge in [-0.05, 0) is 36.4 Å². The molecule has 6 nitrogen and oxygen atoms in total. The Morgan fingerprint density at radius 2 is 1.75 bits per heavy atom. The minimum atomic E-state index is -0.951. The van der Waals surface area contributed by atoms with Gasteiger partial charge in [0.05, 0.1) is 12.1 Å². The van der Waals surface area contributed by atoms with Gasteiger partial charge in [-0.1, -0.05) is 17.7 Å². The number of methoxy groups -OCH3 is 1. The number of carbonyl (C=O) groups excluding carboxylic acids is 2. The molecule has 1 heterocycles. The van der Waals surface area contributed by atoms with E-state index >= 15 is 0 Å². The van der Waals surface area contributed by atoms with Crippen molar-refractivity contribution in [1.29, 1.82) is 0 Å². The lowest BCUT2D eigenvalue weighted by Gasteiger charge is -2.36. The first kappa shape index (κ1) is 19.9. The van der Waals surface area contributed by atoms with Gasteiger partial charge in [0.25, 0.3) is 5.91 Å². The van der Waals surface area contributed by atoms with Gasteiger partial charge < -0.3 is 19.3 Å². The van der Waals surface area contributed by atoms with Crippen molar-refractivity contribution in [3.8, 4) is 5.75 Å². The van der Waals surface area contributed by atoms with Crippen LogP contribution in [0.5, 0.6) is 5.75 Å². The summed E-state index contributed by atoms with van der Waals surface area (Å²) < 4.78 is 23.9. The molecule has 0 bridgehead atoms. The zero-order chi connectivity index (χ0) is 20.1. The Hall–Kier alpha value is -2.80. The highest BCUT2D eigenvalue weighted by Gasteiger charge is 2.24. The molecule has 0 atom stereocenters. The van der Waals surface area contributed by atoms with Crippen LogP contribution in [0.3, 0.4) is 0 Å². The summed E-state index contributed by atoms with van der Waals surface area (Å²) in [5.41, 5.74) is 0.690. The number of halogens is 2. The summed E-state index contributed by atoms with van der Waals surface area (Å²) in [4.78, 5) is 28.1. The van der Waals surface area contributed by atoms with Crippen LogP contribution in [-0.4, -0.2) is 56.7 Å². The molecule has 0 N–H and O–H groups in total. The first-order valence-corrected chi connectivity index (χ1v) is 9.15. The first-order chi connectivity index (χ1) is 13.5. The van der Waals surface area contributed by atoms with Crippen LogP contribution in [0.1, 0.15) is 10.4 Å². The molecule has 1 aliphatic rings. The molecule has 1 amide bonds. The highest BCUT2D eigenvalue weighted by atomic mass is 35.5. The summed E-state index contributed by atoms with van der Waals surface area (Å²) in [6.45, 7) is 1.87.